The summed E-state index contributed by atoms with van der Waals surface area (Å²) >= 11 is 0. The molecule has 128 valence electrons. The molecule has 0 bridgehead atoms. The lowest BCUT2D eigenvalue weighted by Gasteiger charge is -2.15. The monoisotopic (exact) mass is 343 g/mol. The second-order valence-corrected chi connectivity index (χ2v) is 5.57. The number of rotatable bonds is 4. The largest absolute Gasteiger partial charge is 0.488 e. The Hall–Kier alpha value is -2.95. The molecule has 2 nitrogen and oxygen atoms in total. The summed E-state index contributed by atoms with van der Waals surface area (Å²) in [5.74, 6) is 0.484. The third-order valence-electron chi connectivity index (χ3n) is 3.80. The first kappa shape index (κ1) is 16.9. The lowest BCUT2D eigenvalue weighted by atomic mass is 10.00. The van der Waals surface area contributed by atoms with Crippen LogP contribution in [0.3, 0.4) is 0 Å². The van der Waals surface area contributed by atoms with Gasteiger partial charge in [0.15, 0.2) is 0 Å². The van der Waals surface area contributed by atoms with Crippen LogP contribution in [0.5, 0.6) is 5.75 Å². The fourth-order valence-electron chi connectivity index (χ4n) is 2.52. The predicted octanol–water partition coefficient (Wildman–Crippen LogP) is 5.53. The molecule has 0 radical (unpaired) electrons. The van der Waals surface area contributed by atoms with Crippen molar-refractivity contribution in [3.8, 4) is 16.9 Å². The molecular formula is C20H16F3NO. The molecule has 0 spiro atoms. The molecule has 0 fully saturated rings. The van der Waals surface area contributed by atoms with Crippen LogP contribution < -0.4 is 10.5 Å². The van der Waals surface area contributed by atoms with Crippen molar-refractivity contribution in [2.45, 2.75) is 12.8 Å². The number of anilines is 1. The Morgan fingerprint density at radius 2 is 1.48 bits per heavy atom. The van der Waals surface area contributed by atoms with Crippen LogP contribution >= 0.6 is 0 Å². The maximum Gasteiger partial charge on any atom is 0.416 e. The van der Waals surface area contributed by atoms with E-state index in [0.29, 0.717) is 23.5 Å². The second kappa shape index (κ2) is 6.89. The number of para-hydroxylation sites is 1. The number of nitrogen functional groups attached to an aromatic ring is 1. The van der Waals surface area contributed by atoms with Gasteiger partial charge in [0.1, 0.15) is 12.4 Å². The molecule has 0 aliphatic carbocycles. The van der Waals surface area contributed by atoms with E-state index in [0.717, 1.165) is 17.7 Å². The summed E-state index contributed by atoms with van der Waals surface area (Å²) in [4.78, 5) is 0. The van der Waals surface area contributed by atoms with Crippen LogP contribution in [-0.2, 0) is 12.8 Å². The zero-order chi connectivity index (χ0) is 17.9. The molecule has 3 aromatic carbocycles. The van der Waals surface area contributed by atoms with Crippen molar-refractivity contribution in [1.82, 2.24) is 0 Å². The Balaban J connectivity index is 1.96. The Bertz CT molecular complexity index is 860. The number of ether oxygens (including phenoxy) is 1. The van der Waals surface area contributed by atoms with Gasteiger partial charge in [-0.05, 0) is 29.8 Å². The van der Waals surface area contributed by atoms with Crippen molar-refractivity contribution < 1.29 is 17.9 Å². The molecule has 0 aliphatic heterocycles. The fourth-order valence-corrected chi connectivity index (χ4v) is 2.52. The van der Waals surface area contributed by atoms with Crippen LogP contribution in [0.4, 0.5) is 18.9 Å². The van der Waals surface area contributed by atoms with Crippen LogP contribution in [-0.4, -0.2) is 0 Å². The van der Waals surface area contributed by atoms with Gasteiger partial charge < -0.3 is 10.5 Å². The summed E-state index contributed by atoms with van der Waals surface area (Å²) in [6, 6.07) is 19.8. The summed E-state index contributed by atoms with van der Waals surface area (Å²) in [7, 11) is 0. The van der Waals surface area contributed by atoms with Gasteiger partial charge >= 0.3 is 6.18 Å². The lowest BCUT2D eigenvalue weighted by molar-refractivity contribution is -0.137. The molecular weight excluding hydrogens is 327 g/mol. The maximum atomic E-state index is 13.0. The van der Waals surface area contributed by atoms with E-state index in [9.17, 15) is 13.2 Å². The topological polar surface area (TPSA) is 35.2 Å². The van der Waals surface area contributed by atoms with Crippen molar-refractivity contribution in [3.63, 3.8) is 0 Å². The highest BCUT2D eigenvalue weighted by Gasteiger charge is 2.31. The minimum atomic E-state index is -4.43. The Labute approximate surface area is 143 Å². The molecule has 0 saturated carbocycles. The van der Waals surface area contributed by atoms with Crippen molar-refractivity contribution in [1.29, 1.82) is 0 Å². The molecule has 2 N–H and O–H groups in total. The van der Waals surface area contributed by atoms with Gasteiger partial charge in [0.2, 0.25) is 0 Å². The molecule has 0 amide bonds. The van der Waals surface area contributed by atoms with Gasteiger partial charge in [0.25, 0.3) is 0 Å². The SMILES string of the molecule is Nc1ccc(C(F)(F)F)cc1-c1ccccc1OCc1ccccc1. The molecule has 0 unspecified atom stereocenters. The van der Waals surface area contributed by atoms with E-state index >= 15 is 0 Å². The van der Waals surface area contributed by atoms with Crippen molar-refractivity contribution in [2.75, 3.05) is 5.73 Å². The molecule has 3 aromatic rings. The fraction of sp³-hybridized carbons (Fsp3) is 0.100. The number of nitrogens with two attached hydrogens (primary N) is 1. The highest BCUT2D eigenvalue weighted by molar-refractivity contribution is 5.81. The maximum absolute atomic E-state index is 13.0. The van der Waals surface area contributed by atoms with Gasteiger partial charge in [-0.15, -0.1) is 0 Å². The van der Waals surface area contributed by atoms with Crippen molar-refractivity contribution >= 4 is 5.69 Å². The van der Waals surface area contributed by atoms with E-state index in [1.165, 1.54) is 6.07 Å². The number of halogens is 3. The van der Waals surface area contributed by atoms with E-state index in [-0.39, 0.29) is 5.69 Å². The Morgan fingerprint density at radius 1 is 0.800 bits per heavy atom. The molecule has 0 aliphatic rings. The summed E-state index contributed by atoms with van der Waals surface area (Å²) in [6.45, 7) is 0.316. The minimum Gasteiger partial charge on any atom is -0.488 e. The van der Waals surface area contributed by atoms with Gasteiger partial charge in [-0.25, -0.2) is 0 Å². The number of benzene rings is 3. The summed E-state index contributed by atoms with van der Waals surface area (Å²) < 4.78 is 44.9. The number of alkyl halides is 3. The summed E-state index contributed by atoms with van der Waals surface area (Å²) in [6.07, 6.45) is -4.43. The molecule has 25 heavy (non-hydrogen) atoms. The normalized spacial score (nSPS) is 11.3. The third kappa shape index (κ3) is 3.94. The highest BCUT2D eigenvalue weighted by Crippen LogP contribution is 2.38. The van der Waals surface area contributed by atoms with E-state index in [4.69, 9.17) is 10.5 Å². The van der Waals surface area contributed by atoms with Crippen LogP contribution in [0.1, 0.15) is 11.1 Å². The van der Waals surface area contributed by atoms with E-state index in [1.807, 2.05) is 30.3 Å². The first-order valence-corrected chi connectivity index (χ1v) is 7.68. The second-order valence-electron chi connectivity index (χ2n) is 5.57. The van der Waals surface area contributed by atoms with Crippen LogP contribution in [0.25, 0.3) is 11.1 Å². The molecule has 3 rings (SSSR count). The zero-order valence-electron chi connectivity index (χ0n) is 13.3. The third-order valence-corrected chi connectivity index (χ3v) is 3.80. The lowest BCUT2D eigenvalue weighted by Crippen LogP contribution is -2.06. The molecule has 0 aromatic heterocycles. The van der Waals surface area contributed by atoms with Crippen LogP contribution in [0.2, 0.25) is 0 Å². The van der Waals surface area contributed by atoms with Gasteiger partial charge in [-0.2, -0.15) is 13.2 Å². The molecule has 0 atom stereocenters. The summed E-state index contributed by atoms with van der Waals surface area (Å²) in [5.41, 5.74) is 7.25. The van der Waals surface area contributed by atoms with Gasteiger partial charge in [-0.1, -0.05) is 48.5 Å². The first-order valence-electron chi connectivity index (χ1n) is 7.68. The minimum absolute atomic E-state index is 0.267. The van der Waals surface area contributed by atoms with Crippen LogP contribution in [0.15, 0.2) is 72.8 Å². The predicted molar refractivity (Wildman–Crippen MR) is 92.1 cm³/mol. The Morgan fingerprint density at radius 3 is 2.20 bits per heavy atom. The van der Waals surface area contributed by atoms with Crippen molar-refractivity contribution in [2.24, 2.45) is 0 Å². The van der Waals surface area contributed by atoms with Gasteiger partial charge in [0, 0.05) is 16.8 Å². The van der Waals surface area contributed by atoms with E-state index < -0.39 is 11.7 Å². The first-order chi connectivity index (χ1) is 11.9. The average Bonchev–Trinajstić information content (AvgIpc) is 2.61. The van der Waals surface area contributed by atoms with Gasteiger partial charge in [0.05, 0.1) is 5.56 Å². The highest BCUT2D eigenvalue weighted by atomic mass is 19.4. The Kier molecular flexibility index (Phi) is 4.65. The number of hydrogen-bond acceptors (Lipinski definition) is 2. The number of hydrogen-bond donors (Lipinski definition) is 1. The van der Waals surface area contributed by atoms with E-state index in [1.54, 1.807) is 24.3 Å². The summed E-state index contributed by atoms with van der Waals surface area (Å²) in [5, 5.41) is 0. The van der Waals surface area contributed by atoms with Gasteiger partial charge in [-0.3, -0.25) is 0 Å². The average molecular weight is 343 g/mol. The molecule has 5 heteroatoms. The van der Waals surface area contributed by atoms with Crippen molar-refractivity contribution in [3.05, 3.63) is 83.9 Å². The quantitative estimate of drug-likeness (QED) is 0.632. The smallest absolute Gasteiger partial charge is 0.416 e. The molecule has 0 heterocycles. The molecule has 0 saturated heterocycles. The van der Waals surface area contributed by atoms with E-state index in [2.05, 4.69) is 0 Å². The zero-order valence-corrected chi connectivity index (χ0v) is 13.3. The standard InChI is InChI=1S/C20H16F3NO/c21-20(22,23)15-10-11-18(24)17(12-15)16-8-4-5-9-19(16)25-13-14-6-2-1-3-7-14/h1-12H,13,24H2. The van der Waals surface area contributed by atoms with Crippen LogP contribution in [0, 0.1) is 0 Å².